The third kappa shape index (κ3) is 4.02. The topological polar surface area (TPSA) is 59.4 Å². The number of hydrogen-bond donors (Lipinski definition) is 1. The minimum atomic E-state index is -0.181. The zero-order valence-corrected chi connectivity index (χ0v) is 15.1. The van der Waals surface area contributed by atoms with Gasteiger partial charge in [0.2, 0.25) is 5.91 Å². The van der Waals surface area contributed by atoms with Crippen molar-refractivity contribution in [2.75, 3.05) is 18.1 Å². The Hall–Kier alpha value is -2.34. The van der Waals surface area contributed by atoms with Crippen LogP contribution in [0.5, 0.6) is 5.75 Å². The molecule has 1 aliphatic heterocycles. The first-order valence-corrected chi connectivity index (χ1v) is 8.87. The fraction of sp³-hybridized carbons (Fsp3) is 0.474. The van der Waals surface area contributed by atoms with E-state index in [1.165, 1.54) is 0 Å². The standard InChI is InChI=1S/C19H26N4O2/c1-4-25-17-8-5-7-15(11-17)14(2)21-18-9-6-10-23(19(18)24)16-12-20-22(3)13-16/h5,7-8,11-14,18,21H,4,6,9-10H2,1-3H3. The van der Waals surface area contributed by atoms with Gasteiger partial charge in [0, 0.05) is 25.8 Å². The van der Waals surface area contributed by atoms with Crippen LogP contribution >= 0.6 is 0 Å². The minimum Gasteiger partial charge on any atom is -0.494 e. The Morgan fingerprint density at radius 3 is 3.00 bits per heavy atom. The van der Waals surface area contributed by atoms with Crippen molar-refractivity contribution < 1.29 is 9.53 Å². The number of amides is 1. The van der Waals surface area contributed by atoms with Gasteiger partial charge in [0.05, 0.1) is 24.5 Å². The highest BCUT2D eigenvalue weighted by atomic mass is 16.5. The smallest absolute Gasteiger partial charge is 0.244 e. The number of benzene rings is 1. The molecule has 2 aromatic rings. The number of aromatic nitrogens is 2. The molecule has 2 atom stereocenters. The minimum absolute atomic E-state index is 0.0724. The van der Waals surface area contributed by atoms with Gasteiger partial charge in [-0.2, -0.15) is 5.10 Å². The first-order chi connectivity index (χ1) is 12.1. The SMILES string of the molecule is CCOc1cccc(C(C)NC2CCCN(c3cnn(C)c3)C2=O)c1. The van der Waals surface area contributed by atoms with Crippen molar-refractivity contribution in [1.82, 2.24) is 15.1 Å². The molecule has 25 heavy (non-hydrogen) atoms. The monoisotopic (exact) mass is 342 g/mol. The third-order valence-electron chi connectivity index (χ3n) is 4.56. The largest absolute Gasteiger partial charge is 0.494 e. The van der Waals surface area contributed by atoms with Gasteiger partial charge in [0.25, 0.3) is 0 Å². The third-order valence-corrected chi connectivity index (χ3v) is 4.56. The van der Waals surface area contributed by atoms with Gasteiger partial charge in [-0.1, -0.05) is 12.1 Å². The van der Waals surface area contributed by atoms with Crippen molar-refractivity contribution in [3.63, 3.8) is 0 Å². The molecule has 0 saturated carbocycles. The number of nitrogens with zero attached hydrogens (tertiary/aromatic N) is 3. The summed E-state index contributed by atoms with van der Waals surface area (Å²) in [6, 6.07) is 7.93. The summed E-state index contributed by atoms with van der Waals surface area (Å²) in [5.74, 6) is 0.979. The van der Waals surface area contributed by atoms with Crippen molar-refractivity contribution in [3.8, 4) is 5.75 Å². The van der Waals surface area contributed by atoms with Crippen molar-refractivity contribution >= 4 is 11.6 Å². The highest BCUT2D eigenvalue weighted by Crippen LogP contribution is 2.24. The molecule has 6 nitrogen and oxygen atoms in total. The van der Waals surface area contributed by atoms with Gasteiger partial charge in [0.15, 0.2) is 0 Å². The van der Waals surface area contributed by atoms with Crippen molar-refractivity contribution in [1.29, 1.82) is 0 Å². The molecule has 1 aromatic carbocycles. The molecule has 0 aliphatic carbocycles. The molecule has 1 amide bonds. The van der Waals surface area contributed by atoms with Gasteiger partial charge in [-0.25, -0.2) is 0 Å². The van der Waals surface area contributed by atoms with Crippen LogP contribution in [0.2, 0.25) is 0 Å². The van der Waals surface area contributed by atoms with E-state index in [1.54, 1.807) is 10.9 Å². The van der Waals surface area contributed by atoms with E-state index in [-0.39, 0.29) is 18.0 Å². The number of piperidine rings is 1. The fourth-order valence-corrected chi connectivity index (χ4v) is 3.27. The van der Waals surface area contributed by atoms with E-state index >= 15 is 0 Å². The maximum Gasteiger partial charge on any atom is 0.244 e. The van der Waals surface area contributed by atoms with Crippen molar-refractivity contribution in [2.24, 2.45) is 7.05 Å². The Morgan fingerprint density at radius 1 is 1.44 bits per heavy atom. The molecule has 6 heteroatoms. The van der Waals surface area contributed by atoms with Crippen LogP contribution in [-0.2, 0) is 11.8 Å². The summed E-state index contributed by atoms with van der Waals surface area (Å²) < 4.78 is 7.30. The number of ether oxygens (including phenoxy) is 1. The summed E-state index contributed by atoms with van der Waals surface area (Å²) in [5, 5.41) is 7.66. The number of carbonyl (C=O) groups is 1. The molecule has 1 saturated heterocycles. The zero-order valence-electron chi connectivity index (χ0n) is 15.1. The maximum absolute atomic E-state index is 12.9. The average Bonchev–Trinajstić information content (AvgIpc) is 3.03. The van der Waals surface area contributed by atoms with E-state index < -0.39 is 0 Å². The second kappa shape index (κ2) is 7.70. The van der Waals surface area contributed by atoms with E-state index in [2.05, 4.69) is 23.4 Å². The predicted molar refractivity (Wildman–Crippen MR) is 97.7 cm³/mol. The number of hydrogen-bond acceptors (Lipinski definition) is 4. The summed E-state index contributed by atoms with van der Waals surface area (Å²) >= 11 is 0. The van der Waals surface area contributed by atoms with Gasteiger partial charge in [-0.15, -0.1) is 0 Å². The van der Waals surface area contributed by atoms with Gasteiger partial charge < -0.3 is 9.64 Å². The lowest BCUT2D eigenvalue weighted by atomic mass is 10.0. The predicted octanol–water partition coefficient (Wildman–Crippen LogP) is 2.67. The van der Waals surface area contributed by atoms with E-state index in [0.29, 0.717) is 6.61 Å². The summed E-state index contributed by atoms with van der Waals surface area (Å²) in [5.41, 5.74) is 1.99. The molecule has 0 spiro atoms. The first-order valence-electron chi connectivity index (χ1n) is 8.87. The number of carbonyl (C=O) groups excluding carboxylic acids is 1. The number of nitrogens with one attached hydrogen (secondary N) is 1. The number of aryl methyl sites for hydroxylation is 1. The van der Waals surface area contributed by atoms with Crippen LogP contribution in [-0.4, -0.2) is 34.9 Å². The van der Waals surface area contributed by atoms with Crippen LogP contribution in [0, 0.1) is 0 Å². The average molecular weight is 342 g/mol. The normalized spacial score (nSPS) is 19.1. The maximum atomic E-state index is 12.9. The Morgan fingerprint density at radius 2 is 2.28 bits per heavy atom. The molecule has 1 aromatic heterocycles. The Kier molecular flexibility index (Phi) is 5.38. The quantitative estimate of drug-likeness (QED) is 0.877. The Bertz CT molecular complexity index is 728. The van der Waals surface area contributed by atoms with Gasteiger partial charge in [0.1, 0.15) is 5.75 Å². The van der Waals surface area contributed by atoms with E-state index in [4.69, 9.17) is 4.74 Å². The fourth-order valence-electron chi connectivity index (χ4n) is 3.27. The molecule has 3 rings (SSSR count). The van der Waals surface area contributed by atoms with Crippen molar-refractivity contribution in [3.05, 3.63) is 42.2 Å². The molecular weight excluding hydrogens is 316 g/mol. The second-order valence-corrected chi connectivity index (χ2v) is 6.45. The number of anilines is 1. The summed E-state index contributed by atoms with van der Waals surface area (Å²) in [7, 11) is 1.86. The lowest BCUT2D eigenvalue weighted by Crippen LogP contribution is -2.51. The van der Waals surface area contributed by atoms with Crippen LogP contribution < -0.4 is 15.0 Å². The first kappa shape index (κ1) is 17.5. The molecule has 1 N–H and O–H groups in total. The molecule has 1 aliphatic rings. The summed E-state index contributed by atoms with van der Waals surface area (Å²) in [6.45, 7) is 5.45. The van der Waals surface area contributed by atoms with E-state index in [1.807, 2.05) is 43.3 Å². The van der Waals surface area contributed by atoms with Gasteiger partial charge in [-0.05, 0) is 44.4 Å². The highest BCUT2D eigenvalue weighted by molar-refractivity contribution is 5.97. The zero-order chi connectivity index (χ0) is 17.8. The van der Waals surface area contributed by atoms with E-state index in [9.17, 15) is 4.79 Å². The van der Waals surface area contributed by atoms with Gasteiger partial charge >= 0.3 is 0 Å². The lowest BCUT2D eigenvalue weighted by molar-refractivity contribution is -0.122. The Labute approximate surface area is 148 Å². The number of rotatable bonds is 6. The summed E-state index contributed by atoms with van der Waals surface area (Å²) in [4.78, 5) is 14.7. The van der Waals surface area contributed by atoms with Gasteiger partial charge in [-0.3, -0.25) is 14.8 Å². The van der Waals surface area contributed by atoms with Crippen LogP contribution in [0.1, 0.15) is 38.3 Å². The molecule has 0 bridgehead atoms. The van der Waals surface area contributed by atoms with Crippen LogP contribution in [0.15, 0.2) is 36.7 Å². The van der Waals surface area contributed by atoms with E-state index in [0.717, 1.165) is 36.4 Å². The molecule has 2 unspecified atom stereocenters. The molecule has 1 fully saturated rings. The van der Waals surface area contributed by atoms with Crippen molar-refractivity contribution in [2.45, 2.75) is 38.8 Å². The molecule has 2 heterocycles. The summed E-state index contributed by atoms with van der Waals surface area (Å²) in [6.07, 6.45) is 5.46. The molecule has 0 radical (unpaired) electrons. The molecule has 134 valence electrons. The molecular formula is C19H26N4O2. The Balaban J connectivity index is 1.69. The highest BCUT2D eigenvalue weighted by Gasteiger charge is 2.31. The van der Waals surface area contributed by atoms with Crippen LogP contribution in [0.25, 0.3) is 0 Å². The lowest BCUT2D eigenvalue weighted by Gasteiger charge is -2.33. The van der Waals surface area contributed by atoms with Crippen LogP contribution in [0.3, 0.4) is 0 Å². The second-order valence-electron chi connectivity index (χ2n) is 6.45. The van der Waals surface area contributed by atoms with Crippen LogP contribution in [0.4, 0.5) is 5.69 Å².